The van der Waals surface area contributed by atoms with E-state index in [2.05, 4.69) is 11.1 Å². The first kappa shape index (κ1) is 15.4. The van der Waals surface area contributed by atoms with Crippen LogP contribution in [-0.4, -0.2) is 17.9 Å². The Kier molecular flexibility index (Phi) is 3.94. The maximum Gasteiger partial charge on any atom is 0.231 e. The van der Waals surface area contributed by atoms with E-state index >= 15 is 0 Å². The van der Waals surface area contributed by atoms with Gasteiger partial charge in [0, 0.05) is 24.5 Å². The van der Waals surface area contributed by atoms with E-state index in [-0.39, 0.29) is 5.91 Å². The zero-order valence-electron chi connectivity index (χ0n) is 14.0. The lowest BCUT2D eigenvalue weighted by molar-refractivity contribution is -0.117. The van der Waals surface area contributed by atoms with Crippen LogP contribution >= 0.6 is 0 Å². The number of hydrogen-bond donors (Lipinski definition) is 0. The molecule has 124 valence electrons. The van der Waals surface area contributed by atoms with Crippen LogP contribution in [0, 0.1) is 0 Å². The van der Waals surface area contributed by atoms with Crippen LogP contribution in [0.25, 0.3) is 11.1 Å². The summed E-state index contributed by atoms with van der Waals surface area (Å²) in [7, 11) is 1.81. The molecular formula is C21H18N2O2. The standard InChI is InChI=1S/C21H18N2O2/c1-23-20-8-7-16(9-17(20)11-21(23)24)18-10-19(13-22-12-18)25-14-15-5-3-2-4-6-15/h2-10,12-13H,11,14H2,1H3. The summed E-state index contributed by atoms with van der Waals surface area (Å²) in [5, 5.41) is 0. The van der Waals surface area contributed by atoms with Gasteiger partial charge in [0.25, 0.3) is 0 Å². The van der Waals surface area contributed by atoms with Crippen molar-refractivity contribution in [3.63, 3.8) is 0 Å². The number of benzene rings is 2. The Labute approximate surface area is 146 Å². The van der Waals surface area contributed by atoms with Crippen LogP contribution in [0.1, 0.15) is 11.1 Å². The molecule has 0 bridgehead atoms. The van der Waals surface area contributed by atoms with Gasteiger partial charge in [0.15, 0.2) is 0 Å². The van der Waals surface area contributed by atoms with Crippen molar-refractivity contribution in [2.75, 3.05) is 11.9 Å². The number of ether oxygens (including phenoxy) is 1. The fourth-order valence-electron chi connectivity index (χ4n) is 3.05. The minimum atomic E-state index is 0.130. The second-order valence-corrected chi connectivity index (χ2v) is 6.16. The van der Waals surface area contributed by atoms with Gasteiger partial charge < -0.3 is 9.64 Å². The number of amides is 1. The summed E-state index contributed by atoms with van der Waals surface area (Å²) >= 11 is 0. The quantitative estimate of drug-likeness (QED) is 0.730. The van der Waals surface area contributed by atoms with E-state index in [1.165, 1.54) is 0 Å². The van der Waals surface area contributed by atoms with Crippen molar-refractivity contribution in [2.45, 2.75) is 13.0 Å². The molecule has 1 aromatic heterocycles. The number of anilines is 1. The van der Waals surface area contributed by atoms with Gasteiger partial charge in [0.1, 0.15) is 12.4 Å². The number of rotatable bonds is 4. The molecule has 2 heterocycles. The van der Waals surface area contributed by atoms with Crippen molar-refractivity contribution >= 4 is 11.6 Å². The first-order chi connectivity index (χ1) is 12.2. The molecule has 0 radical (unpaired) electrons. The van der Waals surface area contributed by atoms with Crippen LogP contribution in [0.4, 0.5) is 5.69 Å². The molecule has 4 heteroatoms. The zero-order valence-corrected chi connectivity index (χ0v) is 14.0. The van der Waals surface area contributed by atoms with Crippen LogP contribution in [0.15, 0.2) is 67.0 Å². The lowest BCUT2D eigenvalue weighted by Gasteiger charge is -2.11. The summed E-state index contributed by atoms with van der Waals surface area (Å²) in [6.45, 7) is 0.509. The molecule has 0 saturated heterocycles. The summed E-state index contributed by atoms with van der Waals surface area (Å²) in [5.41, 5.74) is 5.18. The molecule has 25 heavy (non-hydrogen) atoms. The highest BCUT2D eigenvalue weighted by atomic mass is 16.5. The van der Waals surface area contributed by atoms with E-state index in [1.807, 2.05) is 61.8 Å². The monoisotopic (exact) mass is 330 g/mol. The van der Waals surface area contributed by atoms with Gasteiger partial charge in [0.05, 0.1) is 12.6 Å². The third kappa shape index (κ3) is 3.11. The van der Waals surface area contributed by atoms with Crippen LogP contribution in [-0.2, 0) is 17.8 Å². The molecular weight excluding hydrogens is 312 g/mol. The highest BCUT2D eigenvalue weighted by molar-refractivity contribution is 6.01. The van der Waals surface area contributed by atoms with Gasteiger partial charge in [-0.1, -0.05) is 36.4 Å². The summed E-state index contributed by atoms with van der Waals surface area (Å²) in [5.74, 6) is 0.861. The van der Waals surface area contributed by atoms with Crippen molar-refractivity contribution in [3.8, 4) is 16.9 Å². The van der Waals surface area contributed by atoms with Crippen molar-refractivity contribution in [1.82, 2.24) is 4.98 Å². The minimum absolute atomic E-state index is 0.130. The van der Waals surface area contributed by atoms with Crippen molar-refractivity contribution < 1.29 is 9.53 Å². The lowest BCUT2D eigenvalue weighted by Crippen LogP contribution is -2.20. The molecule has 4 nitrogen and oxygen atoms in total. The van der Waals surface area contributed by atoms with Gasteiger partial charge in [-0.2, -0.15) is 0 Å². The highest BCUT2D eigenvalue weighted by Gasteiger charge is 2.24. The number of likely N-dealkylation sites (N-methyl/N-ethyl adjacent to an activating group) is 1. The predicted molar refractivity (Wildman–Crippen MR) is 97.6 cm³/mol. The van der Waals surface area contributed by atoms with Crippen molar-refractivity contribution in [2.24, 2.45) is 0 Å². The Bertz CT molecular complexity index is 922. The third-order valence-corrected chi connectivity index (χ3v) is 4.45. The van der Waals surface area contributed by atoms with E-state index < -0.39 is 0 Å². The van der Waals surface area contributed by atoms with E-state index in [4.69, 9.17) is 4.74 Å². The lowest BCUT2D eigenvalue weighted by atomic mass is 10.0. The molecule has 1 aliphatic rings. The normalized spacial score (nSPS) is 13.0. The number of aromatic nitrogens is 1. The molecule has 3 aromatic rings. The fourth-order valence-corrected chi connectivity index (χ4v) is 3.05. The third-order valence-electron chi connectivity index (χ3n) is 4.45. The molecule has 2 aromatic carbocycles. The predicted octanol–water partition coefficient (Wildman–Crippen LogP) is 3.85. The topological polar surface area (TPSA) is 42.4 Å². The maximum atomic E-state index is 11.8. The van der Waals surface area contributed by atoms with Crippen LogP contribution in [0.5, 0.6) is 5.75 Å². The summed E-state index contributed by atoms with van der Waals surface area (Å²) < 4.78 is 5.86. The van der Waals surface area contributed by atoms with Crippen LogP contribution in [0.3, 0.4) is 0 Å². The highest BCUT2D eigenvalue weighted by Crippen LogP contribution is 2.32. The maximum absolute atomic E-state index is 11.8. The van der Waals surface area contributed by atoms with E-state index in [1.54, 1.807) is 11.1 Å². The number of carbonyl (C=O) groups is 1. The molecule has 4 rings (SSSR count). The minimum Gasteiger partial charge on any atom is -0.487 e. The summed E-state index contributed by atoms with van der Waals surface area (Å²) in [6, 6.07) is 18.1. The Morgan fingerprint density at radius 1 is 1.04 bits per heavy atom. The molecule has 0 fully saturated rings. The average Bonchev–Trinajstić information content (AvgIpc) is 2.95. The summed E-state index contributed by atoms with van der Waals surface area (Å²) in [4.78, 5) is 17.8. The zero-order chi connectivity index (χ0) is 17.2. The SMILES string of the molecule is CN1C(=O)Cc2cc(-c3cncc(OCc4ccccc4)c3)ccc21. The molecule has 1 amide bonds. The van der Waals surface area contributed by atoms with E-state index in [9.17, 15) is 4.79 Å². The average molecular weight is 330 g/mol. The fraction of sp³-hybridized carbons (Fsp3) is 0.143. The van der Waals surface area contributed by atoms with Gasteiger partial charge in [-0.25, -0.2) is 0 Å². The molecule has 0 aliphatic carbocycles. The Balaban J connectivity index is 1.56. The van der Waals surface area contributed by atoms with Crippen molar-refractivity contribution in [1.29, 1.82) is 0 Å². The van der Waals surface area contributed by atoms with E-state index in [0.29, 0.717) is 13.0 Å². The molecule has 0 spiro atoms. The van der Waals surface area contributed by atoms with Gasteiger partial charge >= 0.3 is 0 Å². The molecule has 0 saturated carbocycles. The van der Waals surface area contributed by atoms with Gasteiger partial charge in [0.2, 0.25) is 5.91 Å². The number of hydrogen-bond acceptors (Lipinski definition) is 3. The van der Waals surface area contributed by atoms with Crippen LogP contribution < -0.4 is 9.64 Å². The van der Waals surface area contributed by atoms with Gasteiger partial charge in [-0.15, -0.1) is 0 Å². The van der Waals surface area contributed by atoms with Gasteiger partial charge in [-0.3, -0.25) is 9.78 Å². The molecule has 0 N–H and O–H groups in total. The number of nitrogens with zero attached hydrogens (tertiary/aromatic N) is 2. The number of carbonyl (C=O) groups excluding carboxylic acids is 1. The smallest absolute Gasteiger partial charge is 0.231 e. The summed E-state index contributed by atoms with van der Waals surface area (Å²) in [6.07, 6.45) is 3.99. The second-order valence-electron chi connectivity index (χ2n) is 6.16. The second kappa shape index (κ2) is 6.40. The Morgan fingerprint density at radius 2 is 1.88 bits per heavy atom. The molecule has 1 aliphatic heterocycles. The molecule has 0 unspecified atom stereocenters. The van der Waals surface area contributed by atoms with Gasteiger partial charge in [-0.05, 0) is 34.9 Å². The molecule has 0 atom stereocenters. The number of pyridine rings is 1. The Hall–Kier alpha value is -3.14. The first-order valence-corrected chi connectivity index (χ1v) is 8.22. The van der Waals surface area contributed by atoms with Crippen molar-refractivity contribution in [3.05, 3.63) is 78.1 Å². The van der Waals surface area contributed by atoms with E-state index in [0.717, 1.165) is 33.7 Å². The number of fused-ring (bicyclic) bond motifs is 1. The van der Waals surface area contributed by atoms with Crippen LogP contribution in [0.2, 0.25) is 0 Å². The largest absolute Gasteiger partial charge is 0.487 e. The first-order valence-electron chi connectivity index (χ1n) is 8.22. The Morgan fingerprint density at radius 3 is 2.72 bits per heavy atom.